The highest BCUT2D eigenvalue weighted by molar-refractivity contribution is 14.0. The number of hydrogen-bond acceptors (Lipinski definition) is 5. The Morgan fingerprint density at radius 3 is 2.77 bits per heavy atom. The number of guanidine groups is 1. The fourth-order valence-corrected chi connectivity index (χ4v) is 3.76. The predicted octanol–water partition coefficient (Wildman–Crippen LogP) is 0.870. The van der Waals surface area contributed by atoms with Crippen molar-refractivity contribution in [3.8, 4) is 0 Å². The first-order chi connectivity index (χ1) is 14.1. The number of morpholine rings is 1. The largest absolute Gasteiger partial charge is 0.383 e. The molecule has 9 heteroatoms. The van der Waals surface area contributed by atoms with Gasteiger partial charge in [0.15, 0.2) is 5.96 Å². The number of carbonyl (C=O) groups excluding carboxylic acids is 1. The van der Waals surface area contributed by atoms with Crippen LogP contribution in [0.3, 0.4) is 0 Å². The monoisotopic (exact) mass is 531 g/mol. The summed E-state index contributed by atoms with van der Waals surface area (Å²) in [7, 11) is 5.17. The lowest BCUT2D eigenvalue weighted by Crippen LogP contribution is -2.50. The molecule has 2 unspecified atom stereocenters. The standard InChI is InChI=1S/C21H33N5O3.HI/c1-24(2)20(27)13-23-21(22-9-11-28-3)26-15-18-19(16-26)29-12-10-25(18)14-17-7-5-4-6-8-17;/h4-8,18-19H,9-16H2,1-3H3,(H,22,23);1H. The zero-order chi connectivity index (χ0) is 20.6. The summed E-state index contributed by atoms with van der Waals surface area (Å²) in [5.74, 6) is 0.726. The van der Waals surface area contributed by atoms with E-state index in [2.05, 4.69) is 44.4 Å². The summed E-state index contributed by atoms with van der Waals surface area (Å²) in [6.45, 7) is 5.53. The molecule has 30 heavy (non-hydrogen) atoms. The van der Waals surface area contributed by atoms with E-state index < -0.39 is 0 Å². The average Bonchev–Trinajstić information content (AvgIpc) is 3.16. The van der Waals surface area contributed by atoms with E-state index in [1.54, 1.807) is 26.1 Å². The number of likely N-dealkylation sites (N-methyl/N-ethyl adjacent to an activating group) is 1. The van der Waals surface area contributed by atoms with Crippen molar-refractivity contribution in [1.82, 2.24) is 20.0 Å². The van der Waals surface area contributed by atoms with Gasteiger partial charge in [-0.25, -0.2) is 4.99 Å². The van der Waals surface area contributed by atoms with E-state index in [-0.39, 0.29) is 42.5 Å². The molecule has 2 saturated heterocycles. The zero-order valence-electron chi connectivity index (χ0n) is 18.1. The molecule has 1 amide bonds. The number of nitrogens with zero attached hydrogens (tertiary/aromatic N) is 4. The van der Waals surface area contributed by atoms with E-state index >= 15 is 0 Å². The Balaban J connectivity index is 0.00000320. The van der Waals surface area contributed by atoms with E-state index in [1.165, 1.54) is 5.56 Å². The third-order valence-corrected chi connectivity index (χ3v) is 5.40. The topological polar surface area (TPSA) is 69.6 Å². The van der Waals surface area contributed by atoms with E-state index in [9.17, 15) is 4.79 Å². The highest BCUT2D eigenvalue weighted by Crippen LogP contribution is 2.24. The van der Waals surface area contributed by atoms with E-state index in [0.717, 1.165) is 38.7 Å². The minimum atomic E-state index is -0.0189. The molecule has 0 bridgehead atoms. The molecule has 2 aliphatic heterocycles. The molecular formula is C21H34IN5O3. The number of likely N-dealkylation sites (tertiary alicyclic amines) is 1. The first-order valence-electron chi connectivity index (χ1n) is 10.2. The Morgan fingerprint density at radius 2 is 2.07 bits per heavy atom. The van der Waals surface area contributed by atoms with Crippen LogP contribution in [-0.2, 0) is 20.8 Å². The first-order valence-corrected chi connectivity index (χ1v) is 10.2. The van der Waals surface area contributed by atoms with Crippen molar-refractivity contribution >= 4 is 35.8 Å². The van der Waals surface area contributed by atoms with Gasteiger partial charge < -0.3 is 24.6 Å². The van der Waals surface area contributed by atoms with Crippen LogP contribution in [0, 0.1) is 0 Å². The van der Waals surface area contributed by atoms with Gasteiger partial charge in [0.1, 0.15) is 6.54 Å². The van der Waals surface area contributed by atoms with Gasteiger partial charge in [-0.2, -0.15) is 0 Å². The Bertz CT molecular complexity index is 688. The number of ether oxygens (including phenoxy) is 2. The lowest BCUT2D eigenvalue weighted by atomic mass is 10.1. The molecule has 2 heterocycles. The highest BCUT2D eigenvalue weighted by Gasteiger charge is 2.41. The third kappa shape index (κ3) is 6.79. The number of fused-ring (bicyclic) bond motifs is 1. The summed E-state index contributed by atoms with van der Waals surface area (Å²) in [5, 5.41) is 3.34. The second-order valence-corrected chi connectivity index (χ2v) is 7.69. The van der Waals surface area contributed by atoms with Gasteiger partial charge >= 0.3 is 0 Å². The van der Waals surface area contributed by atoms with Gasteiger partial charge in [0.05, 0.1) is 25.4 Å². The fraction of sp³-hybridized carbons (Fsp3) is 0.619. The van der Waals surface area contributed by atoms with Crippen molar-refractivity contribution in [2.45, 2.75) is 18.7 Å². The van der Waals surface area contributed by atoms with Gasteiger partial charge in [0, 0.05) is 53.9 Å². The normalized spacial score (nSPS) is 21.7. The van der Waals surface area contributed by atoms with Crippen molar-refractivity contribution < 1.29 is 14.3 Å². The van der Waals surface area contributed by atoms with Crippen molar-refractivity contribution in [3.63, 3.8) is 0 Å². The van der Waals surface area contributed by atoms with Crippen molar-refractivity contribution in [1.29, 1.82) is 0 Å². The third-order valence-electron chi connectivity index (χ3n) is 5.40. The van der Waals surface area contributed by atoms with Gasteiger partial charge in [-0.3, -0.25) is 9.69 Å². The summed E-state index contributed by atoms with van der Waals surface area (Å²) < 4.78 is 11.2. The number of aliphatic imine (C=N–C) groups is 1. The molecular weight excluding hydrogens is 497 g/mol. The molecule has 8 nitrogen and oxygen atoms in total. The van der Waals surface area contributed by atoms with Gasteiger partial charge in [0.25, 0.3) is 0 Å². The smallest absolute Gasteiger partial charge is 0.243 e. The van der Waals surface area contributed by atoms with Gasteiger partial charge in [-0.1, -0.05) is 30.3 Å². The summed E-state index contributed by atoms with van der Waals surface area (Å²) in [4.78, 5) is 22.9. The number of carbonyl (C=O) groups is 1. The van der Waals surface area contributed by atoms with Gasteiger partial charge in [0.2, 0.25) is 5.91 Å². The second-order valence-electron chi connectivity index (χ2n) is 7.69. The number of amides is 1. The molecule has 0 spiro atoms. The van der Waals surface area contributed by atoms with Gasteiger partial charge in [-0.05, 0) is 5.56 Å². The summed E-state index contributed by atoms with van der Waals surface area (Å²) in [5.41, 5.74) is 1.32. The van der Waals surface area contributed by atoms with E-state index in [4.69, 9.17) is 9.47 Å². The quantitative estimate of drug-likeness (QED) is 0.244. The molecule has 168 valence electrons. The van der Waals surface area contributed by atoms with Crippen molar-refractivity contribution in [2.75, 3.05) is 67.1 Å². The van der Waals surface area contributed by atoms with Crippen LogP contribution in [-0.4, -0.2) is 106 Å². The minimum Gasteiger partial charge on any atom is -0.383 e. The molecule has 0 saturated carbocycles. The van der Waals surface area contributed by atoms with Crippen LogP contribution in [0.15, 0.2) is 35.3 Å². The van der Waals surface area contributed by atoms with Crippen LogP contribution in [0.25, 0.3) is 0 Å². The molecule has 3 rings (SSSR count). The molecule has 1 N–H and O–H groups in total. The second kappa shape index (κ2) is 12.4. The van der Waals surface area contributed by atoms with Crippen molar-refractivity contribution in [3.05, 3.63) is 35.9 Å². The Kier molecular flexibility index (Phi) is 10.3. The number of methoxy groups -OCH3 is 1. The number of rotatable bonds is 7. The SMILES string of the molecule is COCCNC(=NCC(=O)N(C)C)N1CC2OCCN(Cc3ccccc3)C2C1.I. The maximum Gasteiger partial charge on any atom is 0.243 e. The molecule has 2 atom stereocenters. The van der Waals surface area contributed by atoms with Crippen LogP contribution in [0.4, 0.5) is 0 Å². The number of nitrogens with one attached hydrogen (secondary N) is 1. The van der Waals surface area contributed by atoms with Crippen molar-refractivity contribution in [2.24, 2.45) is 4.99 Å². The predicted molar refractivity (Wildman–Crippen MR) is 128 cm³/mol. The first kappa shape index (κ1) is 24.8. The molecule has 2 fully saturated rings. The minimum absolute atomic E-state index is 0. The molecule has 1 aromatic rings. The van der Waals surface area contributed by atoms with E-state index in [1.807, 2.05) is 6.07 Å². The van der Waals surface area contributed by atoms with Crippen LogP contribution in [0.5, 0.6) is 0 Å². The summed E-state index contributed by atoms with van der Waals surface area (Å²) in [6.07, 6.45) is 0.145. The average molecular weight is 531 g/mol. The zero-order valence-corrected chi connectivity index (χ0v) is 20.5. The number of halogens is 1. The van der Waals surface area contributed by atoms with Crippen LogP contribution >= 0.6 is 24.0 Å². The highest BCUT2D eigenvalue weighted by atomic mass is 127. The lowest BCUT2D eigenvalue weighted by Gasteiger charge is -2.36. The Morgan fingerprint density at radius 1 is 1.30 bits per heavy atom. The molecule has 0 radical (unpaired) electrons. The maximum absolute atomic E-state index is 12.0. The summed E-state index contributed by atoms with van der Waals surface area (Å²) in [6, 6.07) is 10.9. The van der Waals surface area contributed by atoms with Crippen LogP contribution < -0.4 is 5.32 Å². The number of benzene rings is 1. The Hall–Kier alpha value is -1.43. The van der Waals surface area contributed by atoms with Crippen LogP contribution in [0.1, 0.15) is 5.56 Å². The van der Waals surface area contributed by atoms with E-state index in [0.29, 0.717) is 19.2 Å². The molecule has 2 aliphatic rings. The lowest BCUT2D eigenvalue weighted by molar-refractivity contribution is -0.127. The van der Waals surface area contributed by atoms with Gasteiger partial charge in [-0.15, -0.1) is 24.0 Å². The molecule has 1 aromatic carbocycles. The van der Waals surface area contributed by atoms with Crippen LogP contribution in [0.2, 0.25) is 0 Å². The number of hydrogen-bond donors (Lipinski definition) is 1. The Labute approximate surface area is 196 Å². The fourth-order valence-electron chi connectivity index (χ4n) is 3.76. The molecule has 0 aliphatic carbocycles. The molecule has 0 aromatic heterocycles. The maximum atomic E-state index is 12.0. The summed E-state index contributed by atoms with van der Waals surface area (Å²) >= 11 is 0.